The number of rotatable bonds is 6. The molecule has 0 fully saturated rings. The van der Waals surface area contributed by atoms with E-state index in [0.717, 1.165) is 50.3 Å². The Morgan fingerprint density at radius 3 is 1.54 bits per heavy atom. The van der Waals surface area contributed by atoms with Crippen molar-refractivity contribution >= 4 is 44.6 Å². The van der Waals surface area contributed by atoms with E-state index in [1.807, 2.05) is 23.9 Å². The maximum absolute atomic E-state index is 5.17. The van der Waals surface area contributed by atoms with E-state index in [1.165, 1.54) is 42.7 Å². The van der Waals surface area contributed by atoms with Crippen LogP contribution in [0.2, 0.25) is 0 Å². The molecule has 59 heavy (non-hydrogen) atoms. The SMILES string of the molecule is c1ccc(-c2cccc(-c3nc(-c4ccc(-n5c6ccccc6c6c7cccc8c7n(c65)-c5ccccc5S8)cc4)nc(-c4cccc(-c5ccccc5)c4)n3)c2)cc1. The second kappa shape index (κ2) is 13.5. The number of fused-ring (bicyclic) bond motifs is 7. The fourth-order valence-electron chi connectivity index (χ4n) is 8.65. The van der Waals surface area contributed by atoms with Crippen molar-refractivity contribution in [1.29, 1.82) is 0 Å². The molecule has 0 spiro atoms. The molecule has 0 aliphatic carbocycles. The topological polar surface area (TPSA) is 48.5 Å². The highest BCUT2D eigenvalue weighted by atomic mass is 32.2. The molecule has 1 aliphatic heterocycles. The summed E-state index contributed by atoms with van der Waals surface area (Å²) in [6.45, 7) is 0. The molecule has 5 nitrogen and oxygen atoms in total. The van der Waals surface area contributed by atoms with E-state index in [0.29, 0.717) is 17.5 Å². The van der Waals surface area contributed by atoms with Gasteiger partial charge < -0.3 is 0 Å². The molecule has 0 radical (unpaired) electrons. The highest BCUT2D eigenvalue weighted by Gasteiger charge is 2.27. The molecule has 11 aromatic rings. The Labute approximate surface area is 344 Å². The van der Waals surface area contributed by atoms with Crippen molar-refractivity contribution in [3.05, 3.63) is 200 Å². The Morgan fingerprint density at radius 2 is 0.864 bits per heavy atom. The van der Waals surface area contributed by atoms with Gasteiger partial charge in [0.05, 0.1) is 16.7 Å². The summed E-state index contributed by atoms with van der Waals surface area (Å²) in [5, 5.41) is 3.77. The van der Waals surface area contributed by atoms with Crippen molar-refractivity contribution in [1.82, 2.24) is 24.1 Å². The van der Waals surface area contributed by atoms with Crippen LogP contribution in [0.1, 0.15) is 0 Å². The molecule has 3 aromatic heterocycles. The third kappa shape index (κ3) is 5.52. The molecule has 0 saturated carbocycles. The predicted octanol–water partition coefficient (Wildman–Crippen LogP) is 13.7. The first-order chi connectivity index (χ1) is 29.2. The molecule has 4 heterocycles. The average Bonchev–Trinajstić information content (AvgIpc) is 3.84. The number of hydrogen-bond donors (Lipinski definition) is 0. The molecule has 0 atom stereocenters. The van der Waals surface area contributed by atoms with Crippen LogP contribution in [0.4, 0.5) is 0 Å². The van der Waals surface area contributed by atoms with Gasteiger partial charge in [-0.1, -0.05) is 151 Å². The summed E-state index contributed by atoms with van der Waals surface area (Å²) < 4.78 is 4.89. The lowest BCUT2D eigenvalue weighted by Gasteiger charge is -2.21. The summed E-state index contributed by atoms with van der Waals surface area (Å²) in [5.74, 6) is 1.87. The van der Waals surface area contributed by atoms with Crippen LogP contribution >= 0.6 is 11.8 Å². The van der Waals surface area contributed by atoms with Gasteiger partial charge in [0.25, 0.3) is 0 Å². The van der Waals surface area contributed by atoms with Crippen molar-refractivity contribution in [3.63, 3.8) is 0 Å². The fraction of sp³-hybridized carbons (Fsp3) is 0. The molecular formula is C53H33N5S. The van der Waals surface area contributed by atoms with Crippen molar-refractivity contribution in [2.45, 2.75) is 9.79 Å². The Morgan fingerprint density at radius 1 is 0.356 bits per heavy atom. The maximum Gasteiger partial charge on any atom is 0.164 e. The zero-order chi connectivity index (χ0) is 38.9. The Hall–Kier alpha value is -7.54. The average molecular weight is 772 g/mol. The fourth-order valence-corrected chi connectivity index (χ4v) is 9.74. The summed E-state index contributed by atoms with van der Waals surface area (Å²) in [6, 6.07) is 70.7. The van der Waals surface area contributed by atoms with Crippen molar-refractivity contribution < 1.29 is 0 Å². The van der Waals surface area contributed by atoms with E-state index in [-0.39, 0.29) is 0 Å². The summed E-state index contributed by atoms with van der Waals surface area (Å²) in [6.07, 6.45) is 0. The predicted molar refractivity (Wildman–Crippen MR) is 242 cm³/mol. The van der Waals surface area contributed by atoms with E-state index in [2.05, 4.69) is 197 Å². The van der Waals surface area contributed by atoms with E-state index in [1.54, 1.807) is 0 Å². The normalized spacial score (nSPS) is 12.0. The van der Waals surface area contributed by atoms with Crippen LogP contribution < -0.4 is 0 Å². The van der Waals surface area contributed by atoms with Crippen LogP contribution in [0.5, 0.6) is 0 Å². The van der Waals surface area contributed by atoms with Crippen LogP contribution in [-0.2, 0) is 0 Å². The van der Waals surface area contributed by atoms with E-state index in [9.17, 15) is 0 Å². The molecule has 1 aliphatic rings. The number of hydrogen-bond acceptors (Lipinski definition) is 4. The summed E-state index contributed by atoms with van der Waals surface area (Å²) in [5.41, 5.74) is 13.1. The van der Waals surface area contributed by atoms with Crippen LogP contribution in [0.15, 0.2) is 210 Å². The van der Waals surface area contributed by atoms with Crippen LogP contribution in [0.25, 0.3) is 101 Å². The summed E-state index contributed by atoms with van der Waals surface area (Å²) >= 11 is 1.85. The molecule has 276 valence electrons. The Balaban J connectivity index is 1.03. The van der Waals surface area contributed by atoms with E-state index < -0.39 is 0 Å². The molecule has 0 N–H and O–H groups in total. The summed E-state index contributed by atoms with van der Waals surface area (Å²) in [7, 11) is 0. The van der Waals surface area contributed by atoms with Gasteiger partial charge in [-0.05, 0) is 82.9 Å². The third-order valence-electron chi connectivity index (χ3n) is 11.4. The van der Waals surface area contributed by atoms with Gasteiger partial charge in [-0.2, -0.15) is 0 Å². The quantitative estimate of drug-likeness (QED) is 0.169. The highest BCUT2D eigenvalue weighted by Crippen LogP contribution is 2.49. The van der Waals surface area contributed by atoms with Crippen molar-refractivity contribution in [3.8, 4) is 67.8 Å². The van der Waals surface area contributed by atoms with Gasteiger partial charge >= 0.3 is 0 Å². The molecule has 0 saturated heterocycles. The lowest BCUT2D eigenvalue weighted by molar-refractivity contribution is 1.03. The first-order valence-electron chi connectivity index (χ1n) is 19.8. The van der Waals surface area contributed by atoms with Gasteiger partial charge in [0.1, 0.15) is 5.65 Å². The largest absolute Gasteiger partial charge is 0.295 e. The summed E-state index contributed by atoms with van der Waals surface area (Å²) in [4.78, 5) is 18.0. The van der Waals surface area contributed by atoms with E-state index >= 15 is 0 Å². The van der Waals surface area contributed by atoms with Gasteiger partial charge in [-0.15, -0.1) is 0 Å². The maximum atomic E-state index is 5.17. The first-order valence-corrected chi connectivity index (χ1v) is 20.6. The minimum atomic E-state index is 0.619. The number of nitrogens with zero attached hydrogens (tertiary/aromatic N) is 5. The second-order valence-corrected chi connectivity index (χ2v) is 15.9. The highest BCUT2D eigenvalue weighted by molar-refractivity contribution is 7.99. The molecule has 12 rings (SSSR count). The van der Waals surface area contributed by atoms with Gasteiger partial charge in [0.2, 0.25) is 0 Å². The van der Waals surface area contributed by atoms with Crippen molar-refractivity contribution in [2.24, 2.45) is 0 Å². The minimum absolute atomic E-state index is 0.619. The van der Waals surface area contributed by atoms with Crippen LogP contribution in [0, 0.1) is 0 Å². The number of para-hydroxylation sites is 3. The molecular weight excluding hydrogens is 739 g/mol. The van der Waals surface area contributed by atoms with Gasteiger partial charge in [0.15, 0.2) is 17.5 Å². The lowest BCUT2D eigenvalue weighted by atomic mass is 10.0. The van der Waals surface area contributed by atoms with Crippen LogP contribution in [0.3, 0.4) is 0 Å². The van der Waals surface area contributed by atoms with E-state index in [4.69, 9.17) is 15.0 Å². The number of aromatic nitrogens is 5. The number of benzene rings is 8. The standard InChI is InChI=1S/C53H33N5S/c1-3-14-34(15-4-1)37-18-11-20-39(32-37)51-54-50(55-52(56-51)40-21-12-19-38(33-40)35-16-5-2-6-17-35)36-28-30-41(31-29-36)57-44-24-8-7-22-42(44)48-43-23-13-27-47-49(43)58(53(48)57)45-25-9-10-26-46(45)59-47/h1-33H. The monoisotopic (exact) mass is 771 g/mol. The van der Waals surface area contributed by atoms with Crippen LogP contribution in [-0.4, -0.2) is 24.1 Å². The lowest BCUT2D eigenvalue weighted by Crippen LogP contribution is -2.05. The smallest absolute Gasteiger partial charge is 0.164 e. The molecule has 6 heteroatoms. The molecule has 0 unspecified atom stereocenters. The van der Waals surface area contributed by atoms with Crippen molar-refractivity contribution in [2.75, 3.05) is 0 Å². The Bertz CT molecular complexity index is 3300. The van der Waals surface area contributed by atoms with Gasteiger partial charge in [-0.3, -0.25) is 9.13 Å². The Kier molecular flexibility index (Phi) is 7.71. The molecule has 0 amide bonds. The minimum Gasteiger partial charge on any atom is -0.295 e. The van der Waals surface area contributed by atoms with Gasteiger partial charge in [0, 0.05) is 48.3 Å². The van der Waals surface area contributed by atoms with Gasteiger partial charge in [-0.25, -0.2) is 15.0 Å². The zero-order valence-electron chi connectivity index (χ0n) is 31.7. The molecule has 8 aromatic carbocycles. The molecule has 0 bridgehead atoms. The zero-order valence-corrected chi connectivity index (χ0v) is 32.5. The third-order valence-corrected chi connectivity index (χ3v) is 12.5. The first kappa shape index (κ1) is 33.6. The second-order valence-electron chi connectivity index (χ2n) is 14.9.